The van der Waals surface area contributed by atoms with Gasteiger partial charge in [0.15, 0.2) is 0 Å². The zero-order valence-corrected chi connectivity index (χ0v) is 6.29. The largest absolute Gasteiger partial charge is 0.505 e. The smallest absolute Gasteiger partial charge is 0.305 e. The molecular weight excluding hydrogens is 132 g/mol. The number of ether oxygens (including phenoxy) is 2. The van der Waals surface area contributed by atoms with Crippen molar-refractivity contribution in [2.24, 2.45) is 0 Å². The Balaban J connectivity index is 3.19. The van der Waals surface area contributed by atoms with Crippen LogP contribution < -0.4 is 0 Å². The van der Waals surface area contributed by atoms with E-state index in [-0.39, 0.29) is 5.97 Å². The van der Waals surface area contributed by atoms with E-state index >= 15 is 0 Å². The topological polar surface area (TPSA) is 35.5 Å². The first-order chi connectivity index (χ1) is 4.81. The zero-order chi connectivity index (χ0) is 7.82. The number of carbonyl (C=O) groups excluding carboxylic acids is 1. The molecule has 0 aromatic rings. The van der Waals surface area contributed by atoms with Crippen LogP contribution in [0, 0.1) is 0 Å². The fourth-order valence-electron chi connectivity index (χ4n) is 0.468. The fraction of sp³-hybridized carbons (Fsp3) is 0.571. The summed E-state index contributed by atoms with van der Waals surface area (Å²) in [6.45, 7) is 0. The van der Waals surface area contributed by atoms with Crippen molar-refractivity contribution in [3.8, 4) is 0 Å². The number of rotatable bonds is 4. The van der Waals surface area contributed by atoms with Gasteiger partial charge in [-0.25, -0.2) is 0 Å². The molecular formula is C7H12O3. The Bertz CT molecular complexity index is 118. The summed E-state index contributed by atoms with van der Waals surface area (Å²) in [5.74, 6) is -0.194. The van der Waals surface area contributed by atoms with Gasteiger partial charge in [-0.05, 0) is 12.5 Å². The molecule has 0 atom stereocenters. The van der Waals surface area contributed by atoms with Crippen LogP contribution in [0.2, 0.25) is 0 Å². The molecule has 0 aromatic carbocycles. The summed E-state index contributed by atoms with van der Waals surface area (Å²) in [5.41, 5.74) is 0. The monoisotopic (exact) mass is 144 g/mol. The maximum absolute atomic E-state index is 10.5. The molecule has 0 saturated carbocycles. The number of hydrogen-bond donors (Lipinski definition) is 0. The summed E-state index contributed by atoms with van der Waals surface area (Å²) < 4.78 is 9.04. The first kappa shape index (κ1) is 9.01. The lowest BCUT2D eigenvalue weighted by molar-refractivity contribution is -0.140. The molecule has 0 aliphatic carbocycles. The minimum absolute atomic E-state index is 0.194. The molecule has 3 nitrogen and oxygen atoms in total. The highest BCUT2D eigenvalue weighted by Crippen LogP contribution is 1.92. The van der Waals surface area contributed by atoms with Crippen LogP contribution in [0.5, 0.6) is 0 Å². The van der Waals surface area contributed by atoms with Gasteiger partial charge in [-0.1, -0.05) is 0 Å². The third kappa shape index (κ3) is 5.15. The quantitative estimate of drug-likeness (QED) is 0.438. The Morgan fingerprint density at radius 1 is 1.50 bits per heavy atom. The third-order valence-electron chi connectivity index (χ3n) is 0.975. The average Bonchev–Trinajstić information content (AvgIpc) is 1.98. The number of hydrogen-bond acceptors (Lipinski definition) is 3. The van der Waals surface area contributed by atoms with Crippen LogP contribution in [-0.4, -0.2) is 20.2 Å². The van der Waals surface area contributed by atoms with Crippen LogP contribution in [0.3, 0.4) is 0 Å². The maximum Gasteiger partial charge on any atom is 0.305 e. The van der Waals surface area contributed by atoms with Gasteiger partial charge < -0.3 is 9.47 Å². The molecule has 0 aliphatic heterocycles. The van der Waals surface area contributed by atoms with E-state index in [9.17, 15) is 4.79 Å². The Kier molecular flexibility index (Phi) is 5.53. The van der Waals surface area contributed by atoms with Crippen molar-refractivity contribution in [3.63, 3.8) is 0 Å². The van der Waals surface area contributed by atoms with E-state index in [1.165, 1.54) is 7.11 Å². The molecule has 3 heteroatoms. The fourth-order valence-corrected chi connectivity index (χ4v) is 0.468. The molecule has 0 heterocycles. The average molecular weight is 144 g/mol. The van der Waals surface area contributed by atoms with Crippen LogP contribution >= 0.6 is 0 Å². The van der Waals surface area contributed by atoms with E-state index in [0.29, 0.717) is 12.8 Å². The highest BCUT2D eigenvalue weighted by Gasteiger charge is 1.94. The molecule has 0 fully saturated rings. The Morgan fingerprint density at radius 2 is 2.20 bits per heavy atom. The second kappa shape index (κ2) is 6.13. The van der Waals surface area contributed by atoms with E-state index < -0.39 is 0 Å². The van der Waals surface area contributed by atoms with Crippen molar-refractivity contribution in [3.05, 3.63) is 12.3 Å². The molecule has 0 N–H and O–H groups in total. The van der Waals surface area contributed by atoms with Crippen LogP contribution in [-0.2, 0) is 14.3 Å². The number of carbonyl (C=O) groups is 1. The Hall–Kier alpha value is -0.990. The summed E-state index contributed by atoms with van der Waals surface area (Å²) in [4.78, 5) is 10.5. The van der Waals surface area contributed by atoms with Gasteiger partial charge in [0.05, 0.1) is 20.5 Å². The summed E-state index contributed by atoms with van der Waals surface area (Å²) >= 11 is 0. The van der Waals surface area contributed by atoms with E-state index in [1.807, 2.05) is 0 Å². The minimum atomic E-state index is -0.194. The molecule has 58 valence electrons. The lowest BCUT2D eigenvalue weighted by Gasteiger charge is -1.93. The van der Waals surface area contributed by atoms with E-state index in [1.54, 1.807) is 19.4 Å². The molecule has 0 spiro atoms. The summed E-state index contributed by atoms with van der Waals surface area (Å²) in [5, 5.41) is 0. The van der Waals surface area contributed by atoms with Crippen LogP contribution in [0.25, 0.3) is 0 Å². The zero-order valence-electron chi connectivity index (χ0n) is 6.29. The maximum atomic E-state index is 10.5. The van der Waals surface area contributed by atoms with Crippen molar-refractivity contribution < 1.29 is 14.3 Å². The van der Waals surface area contributed by atoms with E-state index in [4.69, 9.17) is 0 Å². The van der Waals surface area contributed by atoms with Crippen molar-refractivity contribution in [2.45, 2.75) is 12.8 Å². The lowest BCUT2D eigenvalue weighted by Crippen LogP contribution is -1.97. The van der Waals surface area contributed by atoms with Gasteiger partial charge in [0.1, 0.15) is 0 Å². The van der Waals surface area contributed by atoms with Crippen molar-refractivity contribution in [1.82, 2.24) is 0 Å². The Labute approximate surface area is 60.6 Å². The molecule has 0 amide bonds. The predicted octanol–water partition coefficient (Wildman–Crippen LogP) is 1.10. The lowest BCUT2D eigenvalue weighted by atomic mass is 10.3. The SMILES string of the molecule is CO/C=C/CCC(=O)OC. The van der Waals surface area contributed by atoms with Crippen molar-refractivity contribution >= 4 is 5.97 Å². The second-order valence-electron chi connectivity index (χ2n) is 1.72. The molecule has 10 heavy (non-hydrogen) atoms. The first-order valence-electron chi connectivity index (χ1n) is 3.06. The third-order valence-corrected chi connectivity index (χ3v) is 0.975. The molecule has 0 bridgehead atoms. The normalized spacial score (nSPS) is 9.80. The van der Waals surface area contributed by atoms with Crippen molar-refractivity contribution in [1.29, 1.82) is 0 Å². The standard InChI is InChI=1S/C7H12O3/c1-9-6-4-3-5-7(8)10-2/h4,6H,3,5H2,1-2H3/b6-4+. The van der Waals surface area contributed by atoms with Gasteiger partial charge >= 0.3 is 5.97 Å². The highest BCUT2D eigenvalue weighted by atomic mass is 16.5. The summed E-state index contributed by atoms with van der Waals surface area (Å²) in [6, 6.07) is 0. The van der Waals surface area contributed by atoms with Gasteiger partial charge in [0, 0.05) is 6.42 Å². The molecule has 0 aliphatic rings. The minimum Gasteiger partial charge on any atom is -0.505 e. The number of esters is 1. The van der Waals surface area contributed by atoms with Crippen LogP contribution in [0.15, 0.2) is 12.3 Å². The van der Waals surface area contributed by atoms with Gasteiger partial charge in [0.25, 0.3) is 0 Å². The van der Waals surface area contributed by atoms with Gasteiger partial charge in [-0.15, -0.1) is 0 Å². The van der Waals surface area contributed by atoms with Gasteiger partial charge in [0.2, 0.25) is 0 Å². The highest BCUT2D eigenvalue weighted by molar-refractivity contribution is 5.69. The van der Waals surface area contributed by atoms with E-state index in [0.717, 1.165) is 0 Å². The molecule has 0 unspecified atom stereocenters. The predicted molar refractivity (Wildman–Crippen MR) is 37.4 cm³/mol. The molecule has 0 rings (SSSR count). The number of methoxy groups -OCH3 is 2. The second-order valence-corrected chi connectivity index (χ2v) is 1.72. The van der Waals surface area contributed by atoms with Gasteiger partial charge in [-0.2, -0.15) is 0 Å². The number of allylic oxidation sites excluding steroid dienone is 1. The van der Waals surface area contributed by atoms with Crippen LogP contribution in [0.4, 0.5) is 0 Å². The first-order valence-corrected chi connectivity index (χ1v) is 3.06. The molecule has 0 aromatic heterocycles. The molecule has 0 radical (unpaired) electrons. The summed E-state index contributed by atoms with van der Waals surface area (Å²) in [7, 11) is 2.94. The van der Waals surface area contributed by atoms with E-state index in [2.05, 4.69) is 9.47 Å². The van der Waals surface area contributed by atoms with Gasteiger partial charge in [-0.3, -0.25) is 4.79 Å². The van der Waals surface area contributed by atoms with Crippen LogP contribution in [0.1, 0.15) is 12.8 Å². The molecule has 0 saturated heterocycles. The van der Waals surface area contributed by atoms with Crippen molar-refractivity contribution in [2.75, 3.05) is 14.2 Å². The summed E-state index contributed by atoms with van der Waals surface area (Å²) in [6.07, 6.45) is 4.40. The Morgan fingerprint density at radius 3 is 2.70 bits per heavy atom.